The van der Waals surface area contributed by atoms with Crippen molar-refractivity contribution in [3.8, 4) is 0 Å². The number of carboxylic acids is 1. The third-order valence-electron chi connectivity index (χ3n) is 4.23. The van der Waals surface area contributed by atoms with E-state index < -0.39 is 30.1 Å². The number of nitrogens with zero attached hydrogens (tertiary/aromatic N) is 1. The zero-order valence-corrected chi connectivity index (χ0v) is 14.1. The molecule has 9 heteroatoms. The predicted molar refractivity (Wildman–Crippen MR) is 88.7 cm³/mol. The normalized spacial score (nSPS) is 20.8. The first kappa shape index (κ1) is 17.9. The molecule has 0 aromatic heterocycles. The van der Waals surface area contributed by atoms with E-state index in [1.165, 1.54) is 4.90 Å². The van der Waals surface area contributed by atoms with Crippen LogP contribution in [0.5, 0.6) is 0 Å². The Kier molecular flexibility index (Phi) is 4.90. The van der Waals surface area contributed by atoms with E-state index in [9.17, 15) is 24.3 Å². The van der Waals surface area contributed by atoms with E-state index in [4.69, 9.17) is 9.47 Å². The van der Waals surface area contributed by atoms with Crippen LogP contribution in [0.2, 0.25) is 0 Å². The second kappa shape index (κ2) is 7.12. The van der Waals surface area contributed by atoms with Gasteiger partial charge in [0.1, 0.15) is 0 Å². The average Bonchev–Trinajstić information content (AvgIpc) is 2.59. The maximum Gasteiger partial charge on any atom is 0.348 e. The van der Waals surface area contributed by atoms with Crippen molar-refractivity contribution in [2.75, 3.05) is 23.4 Å². The van der Waals surface area contributed by atoms with Gasteiger partial charge < -0.3 is 24.8 Å². The Morgan fingerprint density at radius 1 is 1.35 bits per heavy atom. The molecular weight excluding hydrogens is 344 g/mol. The molecule has 9 nitrogen and oxygen atoms in total. The summed E-state index contributed by atoms with van der Waals surface area (Å²) < 4.78 is 10.0. The largest absolute Gasteiger partial charge is 0.478 e. The summed E-state index contributed by atoms with van der Waals surface area (Å²) in [4.78, 5) is 48.2. The van der Waals surface area contributed by atoms with Crippen molar-refractivity contribution in [3.05, 3.63) is 23.8 Å². The monoisotopic (exact) mass is 362 g/mol. The average molecular weight is 362 g/mol. The minimum Gasteiger partial charge on any atom is -0.478 e. The van der Waals surface area contributed by atoms with Crippen LogP contribution in [-0.2, 0) is 35.1 Å². The van der Waals surface area contributed by atoms with E-state index in [0.29, 0.717) is 24.2 Å². The number of fused-ring (bicyclic) bond motifs is 1. The van der Waals surface area contributed by atoms with Crippen molar-refractivity contribution in [1.82, 2.24) is 0 Å². The molecule has 1 aromatic rings. The Balaban J connectivity index is 1.85. The van der Waals surface area contributed by atoms with Crippen molar-refractivity contribution >= 4 is 35.1 Å². The van der Waals surface area contributed by atoms with Gasteiger partial charge in [-0.05, 0) is 24.1 Å². The Labute approximate surface area is 148 Å². The van der Waals surface area contributed by atoms with Gasteiger partial charge in [-0.25, -0.2) is 4.79 Å². The molecule has 1 aromatic carbocycles. The van der Waals surface area contributed by atoms with Crippen LogP contribution < -0.4 is 10.2 Å². The highest BCUT2D eigenvalue weighted by atomic mass is 16.6. The molecule has 2 amide bonds. The van der Waals surface area contributed by atoms with Crippen molar-refractivity contribution in [2.45, 2.75) is 32.0 Å². The summed E-state index contributed by atoms with van der Waals surface area (Å²) in [6.07, 6.45) is -2.13. The van der Waals surface area contributed by atoms with Crippen molar-refractivity contribution in [2.24, 2.45) is 0 Å². The van der Waals surface area contributed by atoms with Crippen LogP contribution in [0.25, 0.3) is 0 Å². The van der Waals surface area contributed by atoms with Crippen LogP contribution >= 0.6 is 0 Å². The number of carbonyl (C=O) groups is 4. The predicted octanol–water partition coefficient (Wildman–Crippen LogP) is 0.319. The number of aryl methyl sites for hydroxylation is 1. The summed E-state index contributed by atoms with van der Waals surface area (Å²) >= 11 is 0. The Morgan fingerprint density at radius 2 is 2.12 bits per heavy atom. The van der Waals surface area contributed by atoms with Crippen molar-refractivity contribution in [1.29, 1.82) is 0 Å². The molecule has 2 aliphatic rings. The first-order valence-corrected chi connectivity index (χ1v) is 8.12. The number of ether oxygens (including phenoxy) is 2. The number of esters is 1. The molecular formula is C17H18N2O7. The number of rotatable bonds is 4. The molecule has 1 fully saturated rings. The molecule has 0 aliphatic carbocycles. The standard InChI is InChI=1S/C17H18N2O7/c1-9(20)26-15(17(23)24)14-16(22)19(6-7-25-14)11-4-2-10-3-5-13(21)18-12(10)8-11/h2,4,8,14-15H,3,5-7H2,1H3,(H,18,21)(H,23,24)/t14-,15-/m1/s1. The van der Waals surface area contributed by atoms with Crippen molar-refractivity contribution < 1.29 is 33.8 Å². The van der Waals surface area contributed by atoms with Gasteiger partial charge >= 0.3 is 11.9 Å². The highest BCUT2D eigenvalue weighted by molar-refractivity contribution is 6.02. The first-order valence-electron chi connectivity index (χ1n) is 8.12. The van der Waals surface area contributed by atoms with Gasteiger partial charge in [-0.2, -0.15) is 0 Å². The number of carbonyl (C=O) groups excluding carboxylic acids is 3. The molecule has 138 valence electrons. The van der Waals surface area contributed by atoms with Crippen LogP contribution in [0.15, 0.2) is 18.2 Å². The van der Waals surface area contributed by atoms with Crippen LogP contribution in [0.3, 0.4) is 0 Å². The molecule has 2 aliphatic heterocycles. The van der Waals surface area contributed by atoms with Gasteiger partial charge in [0.05, 0.1) is 6.61 Å². The molecule has 0 radical (unpaired) electrons. The summed E-state index contributed by atoms with van der Waals surface area (Å²) in [5.74, 6) is -2.99. The number of morpholine rings is 1. The van der Waals surface area contributed by atoms with E-state index in [-0.39, 0.29) is 19.1 Å². The van der Waals surface area contributed by atoms with Gasteiger partial charge in [0.2, 0.25) is 12.0 Å². The SMILES string of the molecule is CC(=O)O[C@@H](C(=O)O)[C@H]1OCCN(c2ccc3c(c2)NC(=O)CC3)C1=O. The number of hydrogen-bond donors (Lipinski definition) is 2. The number of carboxylic acid groups (broad SMARTS) is 1. The maximum atomic E-state index is 12.7. The number of benzene rings is 1. The summed E-state index contributed by atoms with van der Waals surface area (Å²) in [5.41, 5.74) is 2.11. The molecule has 0 unspecified atom stereocenters. The van der Waals surface area contributed by atoms with Gasteiger partial charge in [-0.1, -0.05) is 6.07 Å². The molecule has 3 rings (SSSR count). The lowest BCUT2D eigenvalue weighted by Gasteiger charge is -2.34. The lowest BCUT2D eigenvalue weighted by atomic mass is 10.0. The topological polar surface area (TPSA) is 122 Å². The van der Waals surface area contributed by atoms with E-state index in [1.807, 2.05) is 6.07 Å². The summed E-state index contributed by atoms with van der Waals surface area (Å²) in [7, 11) is 0. The van der Waals surface area contributed by atoms with Gasteiger partial charge in [-0.3, -0.25) is 14.4 Å². The Hall–Kier alpha value is -2.94. The minimum absolute atomic E-state index is 0.0882. The van der Waals surface area contributed by atoms with Crippen molar-refractivity contribution in [3.63, 3.8) is 0 Å². The lowest BCUT2D eigenvalue weighted by molar-refractivity contribution is -0.177. The molecule has 2 N–H and O–H groups in total. The first-order chi connectivity index (χ1) is 12.4. The molecule has 1 saturated heterocycles. The third kappa shape index (κ3) is 3.52. The smallest absolute Gasteiger partial charge is 0.348 e. The molecule has 0 spiro atoms. The Morgan fingerprint density at radius 3 is 2.81 bits per heavy atom. The van der Waals surface area contributed by atoms with Gasteiger partial charge in [0.25, 0.3) is 5.91 Å². The second-order valence-electron chi connectivity index (χ2n) is 6.04. The van der Waals surface area contributed by atoms with E-state index >= 15 is 0 Å². The highest BCUT2D eigenvalue weighted by Gasteiger charge is 2.42. The molecule has 0 bridgehead atoms. The van der Waals surface area contributed by atoms with Gasteiger partial charge in [0, 0.05) is 31.3 Å². The van der Waals surface area contributed by atoms with E-state index in [2.05, 4.69) is 5.32 Å². The van der Waals surface area contributed by atoms with Gasteiger partial charge in [0.15, 0.2) is 6.10 Å². The second-order valence-corrected chi connectivity index (χ2v) is 6.04. The summed E-state index contributed by atoms with van der Waals surface area (Å²) in [6.45, 7) is 1.37. The van der Waals surface area contributed by atoms with E-state index in [1.54, 1.807) is 12.1 Å². The highest BCUT2D eigenvalue weighted by Crippen LogP contribution is 2.29. The van der Waals surface area contributed by atoms with Crippen LogP contribution in [0.1, 0.15) is 18.9 Å². The summed E-state index contributed by atoms with van der Waals surface area (Å²) in [6, 6.07) is 5.23. The van der Waals surface area contributed by atoms with Gasteiger partial charge in [-0.15, -0.1) is 0 Å². The fourth-order valence-electron chi connectivity index (χ4n) is 3.03. The quantitative estimate of drug-likeness (QED) is 0.740. The summed E-state index contributed by atoms with van der Waals surface area (Å²) in [5, 5.41) is 12.0. The van der Waals surface area contributed by atoms with Crippen LogP contribution in [0, 0.1) is 0 Å². The Bertz CT molecular complexity index is 776. The van der Waals surface area contributed by atoms with Crippen LogP contribution in [0.4, 0.5) is 11.4 Å². The fourth-order valence-corrected chi connectivity index (χ4v) is 3.03. The van der Waals surface area contributed by atoms with Crippen LogP contribution in [-0.4, -0.2) is 54.2 Å². The third-order valence-corrected chi connectivity index (χ3v) is 4.23. The molecule has 0 saturated carbocycles. The molecule has 2 atom stereocenters. The lowest BCUT2D eigenvalue weighted by Crippen LogP contribution is -2.55. The number of amides is 2. The number of anilines is 2. The van der Waals surface area contributed by atoms with E-state index in [0.717, 1.165) is 12.5 Å². The number of aliphatic carboxylic acids is 1. The fraction of sp³-hybridized carbons (Fsp3) is 0.412. The minimum atomic E-state index is -1.72. The number of nitrogens with one attached hydrogen (secondary N) is 1. The zero-order valence-electron chi connectivity index (χ0n) is 14.1. The number of hydrogen-bond acceptors (Lipinski definition) is 6. The molecule has 26 heavy (non-hydrogen) atoms. The molecule has 2 heterocycles. The zero-order chi connectivity index (χ0) is 18.8. The maximum absolute atomic E-state index is 12.7.